The fourth-order valence-corrected chi connectivity index (χ4v) is 4.99. The Balaban J connectivity index is 1.55. The molecule has 0 aromatic carbocycles. The van der Waals surface area contributed by atoms with Crippen molar-refractivity contribution in [2.75, 3.05) is 26.2 Å². The lowest BCUT2D eigenvalue weighted by Crippen LogP contribution is -2.57. The van der Waals surface area contributed by atoms with E-state index in [9.17, 15) is 0 Å². The van der Waals surface area contributed by atoms with Crippen molar-refractivity contribution in [1.82, 2.24) is 10.2 Å². The molecule has 2 nitrogen and oxygen atoms in total. The summed E-state index contributed by atoms with van der Waals surface area (Å²) in [5.41, 5.74) is 0.639. The topological polar surface area (TPSA) is 15.3 Å². The van der Waals surface area contributed by atoms with Crippen LogP contribution in [0.5, 0.6) is 0 Å². The van der Waals surface area contributed by atoms with Gasteiger partial charge in [0.25, 0.3) is 0 Å². The fourth-order valence-electron chi connectivity index (χ4n) is 4.99. The summed E-state index contributed by atoms with van der Waals surface area (Å²) in [6, 6.07) is 0.798. The Morgan fingerprint density at radius 2 is 1.84 bits per heavy atom. The van der Waals surface area contributed by atoms with Crippen LogP contribution in [0.15, 0.2) is 0 Å². The molecular formula is C17H32N2. The summed E-state index contributed by atoms with van der Waals surface area (Å²) in [6.07, 6.45) is 10.2. The molecule has 0 radical (unpaired) electrons. The van der Waals surface area contributed by atoms with Crippen molar-refractivity contribution in [2.24, 2.45) is 17.3 Å². The van der Waals surface area contributed by atoms with Gasteiger partial charge in [0.15, 0.2) is 0 Å². The highest BCUT2D eigenvalue weighted by Crippen LogP contribution is 2.43. The van der Waals surface area contributed by atoms with Crippen LogP contribution in [0.4, 0.5) is 0 Å². The zero-order valence-electron chi connectivity index (χ0n) is 13.0. The Hall–Kier alpha value is -0.0800. The van der Waals surface area contributed by atoms with E-state index in [2.05, 4.69) is 24.1 Å². The molecule has 1 aliphatic carbocycles. The van der Waals surface area contributed by atoms with E-state index in [0.717, 1.165) is 17.9 Å². The van der Waals surface area contributed by atoms with Gasteiger partial charge in [-0.15, -0.1) is 0 Å². The first-order valence-corrected chi connectivity index (χ1v) is 8.63. The smallest absolute Gasteiger partial charge is 0.0224 e. The van der Waals surface area contributed by atoms with E-state index in [1.807, 2.05) is 0 Å². The minimum absolute atomic E-state index is 0.639. The van der Waals surface area contributed by atoms with Gasteiger partial charge >= 0.3 is 0 Å². The van der Waals surface area contributed by atoms with Crippen molar-refractivity contribution in [3.05, 3.63) is 0 Å². The molecule has 19 heavy (non-hydrogen) atoms. The van der Waals surface area contributed by atoms with Crippen molar-refractivity contribution in [2.45, 2.75) is 64.8 Å². The number of hydrogen-bond acceptors (Lipinski definition) is 2. The second-order valence-corrected chi connectivity index (χ2v) is 7.93. The molecule has 1 N–H and O–H groups in total. The molecule has 3 heterocycles. The summed E-state index contributed by atoms with van der Waals surface area (Å²) in [6.45, 7) is 10.1. The number of nitrogens with zero attached hydrogens (tertiary/aromatic N) is 1. The van der Waals surface area contributed by atoms with E-state index in [1.54, 1.807) is 0 Å². The van der Waals surface area contributed by atoms with Crippen LogP contribution in [-0.2, 0) is 0 Å². The fraction of sp³-hybridized carbons (Fsp3) is 1.00. The maximum atomic E-state index is 4.00. The van der Waals surface area contributed by atoms with Crippen molar-refractivity contribution >= 4 is 0 Å². The predicted molar refractivity (Wildman–Crippen MR) is 81.3 cm³/mol. The molecule has 110 valence electrons. The second-order valence-electron chi connectivity index (χ2n) is 7.93. The van der Waals surface area contributed by atoms with E-state index >= 15 is 0 Å². The molecule has 2 heteroatoms. The second kappa shape index (κ2) is 5.73. The lowest BCUT2D eigenvalue weighted by atomic mass is 9.77. The summed E-state index contributed by atoms with van der Waals surface area (Å²) in [7, 11) is 0. The van der Waals surface area contributed by atoms with E-state index in [1.165, 1.54) is 71.1 Å². The van der Waals surface area contributed by atoms with Gasteiger partial charge in [-0.05, 0) is 62.4 Å². The minimum atomic E-state index is 0.639. The van der Waals surface area contributed by atoms with Gasteiger partial charge in [-0.25, -0.2) is 0 Å². The first-order valence-electron chi connectivity index (χ1n) is 8.63. The molecule has 0 amide bonds. The van der Waals surface area contributed by atoms with Crippen LogP contribution in [0, 0.1) is 17.3 Å². The standard InChI is InChI=1S/C17H32N2/c1-14(2)11-17(7-3-4-8-17)13-18-16-12-19-9-5-15(16)6-10-19/h14-16,18H,3-13H2,1-2H3. The lowest BCUT2D eigenvalue weighted by Gasteiger charge is -2.46. The summed E-state index contributed by atoms with van der Waals surface area (Å²) in [5.74, 6) is 1.83. The maximum absolute atomic E-state index is 4.00. The number of fused-ring (bicyclic) bond motifs is 3. The van der Waals surface area contributed by atoms with Gasteiger partial charge in [-0.1, -0.05) is 26.7 Å². The average Bonchev–Trinajstić information content (AvgIpc) is 2.86. The van der Waals surface area contributed by atoms with Gasteiger partial charge in [0.05, 0.1) is 0 Å². The Bertz CT molecular complexity index is 286. The molecule has 3 aliphatic heterocycles. The molecule has 3 saturated heterocycles. The third-order valence-electron chi connectivity index (χ3n) is 5.90. The molecular weight excluding hydrogens is 232 g/mol. The third-order valence-corrected chi connectivity index (χ3v) is 5.90. The average molecular weight is 264 g/mol. The van der Waals surface area contributed by atoms with E-state index < -0.39 is 0 Å². The molecule has 0 aromatic heterocycles. The molecule has 4 rings (SSSR count). The molecule has 0 spiro atoms. The number of nitrogens with one attached hydrogen (secondary N) is 1. The lowest BCUT2D eigenvalue weighted by molar-refractivity contribution is 0.0639. The van der Waals surface area contributed by atoms with Crippen molar-refractivity contribution in [3.8, 4) is 0 Å². The molecule has 4 aliphatic rings. The predicted octanol–water partition coefficient (Wildman–Crippen LogP) is 3.28. The SMILES string of the molecule is CC(C)CC1(CNC2CN3CCC2CC3)CCCC1. The number of piperidine rings is 3. The van der Waals surface area contributed by atoms with Gasteiger partial charge < -0.3 is 10.2 Å². The molecule has 2 bridgehead atoms. The van der Waals surface area contributed by atoms with Gasteiger partial charge in [0.1, 0.15) is 0 Å². The Labute approximate surface area is 119 Å². The molecule has 1 atom stereocenters. The Kier molecular flexibility index (Phi) is 4.19. The van der Waals surface area contributed by atoms with Gasteiger partial charge in [0, 0.05) is 19.1 Å². The monoisotopic (exact) mass is 264 g/mol. The summed E-state index contributed by atoms with van der Waals surface area (Å²) in [4.78, 5) is 2.67. The van der Waals surface area contributed by atoms with Crippen LogP contribution in [0.25, 0.3) is 0 Å². The highest BCUT2D eigenvalue weighted by molar-refractivity contribution is 4.94. The van der Waals surface area contributed by atoms with E-state index in [-0.39, 0.29) is 0 Å². The Morgan fingerprint density at radius 1 is 1.16 bits per heavy atom. The minimum Gasteiger partial charge on any atom is -0.312 e. The van der Waals surface area contributed by atoms with Crippen LogP contribution < -0.4 is 5.32 Å². The van der Waals surface area contributed by atoms with Gasteiger partial charge in [0.2, 0.25) is 0 Å². The Morgan fingerprint density at radius 3 is 2.37 bits per heavy atom. The van der Waals surface area contributed by atoms with E-state index in [0.29, 0.717) is 5.41 Å². The number of rotatable bonds is 5. The largest absolute Gasteiger partial charge is 0.312 e. The molecule has 1 saturated carbocycles. The van der Waals surface area contributed by atoms with Crippen LogP contribution in [0.1, 0.15) is 58.8 Å². The molecule has 0 aromatic rings. The highest BCUT2D eigenvalue weighted by atomic mass is 15.2. The van der Waals surface area contributed by atoms with Crippen LogP contribution in [0.3, 0.4) is 0 Å². The highest BCUT2D eigenvalue weighted by Gasteiger charge is 2.38. The van der Waals surface area contributed by atoms with E-state index in [4.69, 9.17) is 0 Å². The normalized spacial score (nSPS) is 37.1. The molecule has 4 fully saturated rings. The van der Waals surface area contributed by atoms with Crippen LogP contribution in [0.2, 0.25) is 0 Å². The van der Waals surface area contributed by atoms with Crippen molar-refractivity contribution in [1.29, 1.82) is 0 Å². The zero-order valence-corrected chi connectivity index (χ0v) is 13.0. The maximum Gasteiger partial charge on any atom is 0.0224 e. The van der Waals surface area contributed by atoms with Crippen molar-refractivity contribution in [3.63, 3.8) is 0 Å². The third kappa shape index (κ3) is 3.16. The first kappa shape index (κ1) is 13.9. The van der Waals surface area contributed by atoms with Crippen LogP contribution in [-0.4, -0.2) is 37.1 Å². The van der Waals surface area contributed by atoms with Crippen molar-refractivity contribution < 1.29 is 0 Å². The number of hydrogen-bond donors (Lipinski definition) is 1. The van der Waals surface area contributed by atoms with Gasteiger partial charge in [-0.3, -0.25) is 0 Å². The quantitative estimate of drug-likeness (QED) is 0.820. The molecule has 1 unspecified atom stereocenters. The van der Waals surface area contributed by atoms with Crippen LogP contribution >= 0.6 is 0 Å². The zero-order chi connectivity index (χ0) is 13.3. The summed E-state index contributed by atoms with van der Waals surface area (Å²) in [5, 5.41) is 4.00. The first-order chi connectivity index (χ1) is 9.17. The summed E-state index contributed by atoms with van der Waals surface area (Å²) >= 11 is 0. The van der Waals surface area contributed by atoms with Gasteiger partial charge in [-0.2, -0.15) is 0 Å². The summed E-state index contributed by atoms with van der Waals surface area (Å²) < 4.78 is 0.